The van der Waals surface area contributed by atoms with Gasteiger partial charge in [-0.1, -0.05) is 18.7 Å². The van der Waals surface area contributed by atoms with E-state index in [0.717, 1.165) is 0 Å². The molecule has 1 aliphatic rings. The minimum Gasteiger partial charge on any atom is -0.366 e. The predicted octanol–water partition coefficient (Wildman–Crippen LogP) is 1.34. The van der Waals surface area contributed by atoms with Crippen molar-refractivity contribution >= 4 is 29.5 Å². The van der Waals surface area contributed by atoms with Crippen LogP contribution in [0.25, 0.3) is 0 Å². The number of thiol groups is 1. The van der Waals surface area contributed by atoms with Gasteiger partial charge < -0.3 is 15.1 Å². The third-order valence-electron chi connectivity index (χ3n) is 4.37. The van der Waals surface area contributed by atoms with Gasteiger partial charge in [0.25, 0.3) is 5.24 Å². The molecular formula is C16H19FN6O2S. The summed E-state index contributed by atoms with van der Waals surface area (Å²) >= 11 is 3.73. The van der Waals surface area contributed by atoms with Crippen LogP contribution in [0.3, 0.4) is 0 Å². The van der Waals surface area contributed by atoms with Gasteiger partial charge in [0, 0.05) is 33.1 Å². The van der Waals surface area contributed by atoms with Crippen molar-refractivity contribution in [2.24, 2.45) is 0 Å². The van der Waals surface area contributed by atoms with Crippen molar-refractivity contribution in [3.63, 3.8) is 0 Å². The molecule has 10 heteroatoms. The number of hydrogen-bond donors (Lipinski definition) is 3. The monoisotopic (exact) mass is 378 g/mol. The summed E-state index contributed by atoms with van der Waals surface area (Å²) in [5.74, 6) is -0.376. The van der Waals surface area contributed by atoms with Crippen LogP contribution in [0.2, 0.25) is 0 Å². The molecule has 1 aliphatic heterocycles. The molecule has 26 heavy (non-hydrogen) atoms. The summed E-state index contributed by atoms with van der Waals surface area (Å²) in [5.41, 5.74) is 1.45. The summed E-state index contributed by atoms with van der Waals surface area (Å²) in [4.78, 5) is 26.4. The second-order valence-electron chi connectivity index (χ2n) is 5.98. The molecule has 0 bridgehead atoms. The average Bonchev–Trinajstić information content (AvgIpc) is 3.14. The minimum atomic E-state index is -0.656. The highest BCUT2D eigenvalue weighted by atomic mass is 32.1. The summed E-state index contributed by atoms with van der Waals surface area (Å²) in [6.45, 7) is 3.79. The third-order valence-corrected chi connectivity index (χ3v) is 4.50. The van der Waals surface area contributed by atoms with E-state index in [9.17, 15) is 14.0 Å². The molecule has 0 aliphatic carbocycles. The van der Waals surface area contributed by atoms with Crippen molar-refractivity contribution in [2.75, 3.05) is 31.1 Å². The van der Waals surface area contributed by atoms with E-state index in [0.29, 0.717) is 43.1 Å². The lowest BCUT2D eigenvalue weighted by Gasteiger charge is -2.35. The van der Waals surface area contributed by atoms with Crippen LogP contribution < -0.4 is 10.2 Å². The van der Waals surface area contributed by atoms with Crippen LogP contribution in [-0.4, -0.2) is 57.6 Å². The lowest BCUT2D eigenvalue weighted by molar-refractivity contribution is -0.129. The maximum atomic E-state index is 14.7. The van der Waals surface area contributed by atoms with Crippen LogP contribution in [0.5, 0.6) is 0 Å². The Bertz CT molecular complexity index is 792. The number of hydrogen-bond acceptors (Lipinski definition) is 5. The third kappa shape index (κ3) is 3.96. The maximum Gasteiger partial charge on any atom is 0.276 e. The molecule has 0 spiro atoms. The Morgan fingerprint density at radius 3 is 2.58 bits per heavy atom. The van der Waals surface area contributed by atoms with Crippen LogP contribution in [0.4, 0.5) is 14.9 Å². The van der Waals surface area contributed by atoms with E-state index in [1.807, 2.05) is 4.90 Å². The van der Waals surface area contributed by atoms with Gasteiger partial charge in [0.15, 0.2) is 0 Å². The van der Waals surface area contributed by atoms with E-state index in [4.69, 9.17) is 0 Å². The number of amides is 2. The number of piperazine rings is 1. The van der Waals surface area contributed by atoms with Crippen molar-refractivity contribution in [1.82, 2.24) is 25.6 Å². The summed E-state index contributed by atoms with van der Waals surface area (Å²) in [6, 6.07) is 4.12. The van der Waals surface area contributed by atoms with Crippen LogP contribution in [0.15, 0.2) is 24.4 Å². The van der Waals surface area contributed by atoms with Crippen LogP contribution in [0, 0.1) is 5.82 Å². The molecule has 2 heterocycles. The lowest BCUT2D eigenvalue weighted by atomic mass is 10.0. The van der Waals surface area contributed by atoms with Gasteiger partial charge in [0.1, 0.15) is 17.6 Å². The molecule has 2 N–H and O–H groups in total. The Balaban J connectivity index is 1.80. The summed E-state index contributed by atoms with van der Waals surface area (Å²) in [7, 11) is 0. The van der Waals surface area contributed by atoms with E-state index >= 15 is 0 Å². The first-order valence-corrected chi connectivity index (χ1v) is 8.55. The summed E-state index contributed by atoms with van der Waals surface area (Å²) in [6.07, 6.45) is 1.46. The first-order chi connectivity index (χ1) is 12.5. The second kappa shape index (κ2) is 7.73. The number of halogens is 1. The zero-order valence-corrected chi connectivity index (χ0v) is 15.0. The molecule has 1 saturated heterocycles. The van der Waals surface area contributed by atoms with Gasteiger partial charge in [-0.15, -0.1) is 0 Å². The summed E-state index contributed by atoms with van der Waals surface area (Å²) in [5, 5.41) is 12.2. The second-order valence-corrected chi connectivity index (χ2v) is 6.39. The molecule has 2 aromatic rings. The van der Waals surface area contributed by atoms with Crippen molar-refractivity contribution in [2.45, 2.75) is 13.0 Å². The fourth-order valence-electron chi connectivity index (χ4n) is 3.02. The van der Waals surface area contributed by atoms with E-state index in [-0.39, 0.29) is 5.91 Å². The largest absolute Gasteiger partial charge is 0.366 e. The Morgan fingerprint density at radius 2 is 2.04 bits per heavy atom. The standard InChI is InChI=1S/C16H19FN6O2S/c1-10(24)22-4-6-23(7-5-22)14-3-2-11(8-12(14)17)15(19-16(25)26)13-9-18-21-20-13/h2-3,8-9,15H,4-7H2,1H3,(H,18,20,21)(H2,19,25,26). The fourth-order valence-corrected chi connectivity index (χ4v) is 3.15. The molecule has 138 valence electrons. The average molecular weight is 378 g/mol. The van der Waals surface area contributed by atoms with Gasteiger partial charge >= 0.3 is 0 Å². The van der Waals surface area contributed by atoms with Gasteiger partial charge in [-0.3, -0.25) is 9.59 Å². The zero-order chi connectivity index (χ0) is 18.7. The Hall–Kier alpha value is -2.62. The number of nitrogens with zero attached hydrogens (tertiary/aromatic N) is 4. The van der Waals surface area contributed by atoms with E-state index in [1.54, 1.807) is 17.0 Å². The topological polar surface area (TPSA) is 94.2 Å². The quantitative estimate of drug-likeness (QED) is 0.698. The molecule has 0 saturated carbocycles. The number of H-pyrrole nitrogens is 1. The molecule has 1 fully saturated rings. The van der Waals surface area contributed by atoms with Gasteiger partial charge in [0.2, 0.25) is 5.91 Å². The molecule has 1 unspecified atom stereocenters. The number of aromatic amines is 1. The van der Waals surface area contributed by atoms with Crippen LogP contribution >= 0.6 is 12.6 Å². The molecule has 1 aromatic heterocycles. The molecule has 1 atom stereocenters. The molecule has 0 radical (unpaired) electrons. The van der Waals surface area contributed by atoms with Crippen molar-refractivity contribution < 1.29 is 14.0 Å². The Kier molecular flexibility index (Phi) is 5.40. The minimum absolute atomic E-state index is 0.0263. The number of aromatic nitrogens is 3. The number of nitrogens with one attached hydrogen (secondary N) is 2. The number of benzene rings is 1. The molecule has 3 rings (SSSR count). The van der Waals surface area contributed by atoms with E-state index in [1.165, 1.54) is 19.2 Å². The number of rotatable bonds is 4. The van der Waals surface area contributed by atoms with Gasteiger partial charge in [-0.25, -0.2) is 4.39 Å². The van der Waals surface area contributed by atoms with E-state index < -0.39 is 17.1 Å². The zero-order valence-electron chi connectivity index (χ0n) is 14.1. The lowest BCUT2D eigenvalue weighted by Crippen LogP contribution is -2.48. The van der Waals surface area contributed by atoms with Crippen molar-refractivity contribution in [3.8, 4) is 0 Å². The first-order valence-electron chi connectivity index (χ1n) is 8.10. The Labute approximate surface area is 155 Å². The SMILES string of the molecule is CC(=O)N1CCN(c2ccc(C(NC(=O)S)c3cn[nH]n3)cc2F)CC1. The number of carbonyl (C=O) groups excluding carboxylic acids is 2. The highest BCUT2D eigenvalue weighted by Crippen LogP contribution is 2.27. The van der Waals surface area contributed by atoms with Crippen LogP contribution in [0.1, 0.15) is 24.2 Å². The predicted molar refractivity (Wildman–Crippen MR) is 96.6 cm³/mol. The normalized spacial score (nSPS) is 15.7. The molecule has 1 aromatic carbocycles. The maximum absolute atomic E-state index is 14.7. The molecule has 2 amide bonds. The van der Waals surface area contributed by atoms with E-state index in [2.05, 4.69) is 33.4 Å². The highest BCUT2D eigenvalue weighted by molar-refractivity contribution is 7.96. The van der Waals surface area contributed by atoms with Gasteiger partial charge in [-0.05, 0) is 17.7 Å². The molecule has 8 nitrogen and oxygen atoms in total. The molecular weight excluding hydrogens is 359 g/mol. The Morgan fingerprint density at radius 1 is 1.31 bits per heavy atom. The van der Waals surface area contributed by atoms with Gasteiger partial charge in [0.05, 0.1) is 11.9 Å². The number of anilines is 1. The summed E-state index contributed by atoms with van der Waals surface area (Å²) < 4.78 is 14.7. The van der Waals surface area contributed by atoms with Gasteiger partial charge in [-0.2, -0.15) is 15.4 Å². The van der Waals surface area contributed by atoms with Crippen molar-refractivity contribution in [1.29, 1.82) is 0 Å². The van der Waals surface area contributed by atoms with Crippen molar-refractivity contribution in [3.05, 3.63) is 41.5 Å². The highest BCUT2D eigenvalue weighted by Gasteiger charge is 2.23. The number of carbonyl (C=O) groups is 2. The smallest absolute Gasteiger partial charge is 0.276 e. The van der Waals surface area contributed by atoms with Crippen LogP contribution in [-0.2, 0) is 4.79 Å². The first kappa shape index (κ1) is 18.2. The fraction of sp³-hybridized carbons (Fsp3) is 0.375.